The smallest absolute Gasteiger partial charge is 0.322 e. The summed E-state index contributed by atoms with van der Waals surface area (Å²) in [6.45, 7) is 1.42. The fourth-order valence-electron chi connectivity index (χ4n) is 1.85. The summed E-state index contributed by atoms with van der Waals surface area (Å²) < 4.78 is 2.39. The van der Waals surface area contributed by atoms with Crippen molar-refractivity contribution in [1.29, 1.82) is 0 Å². The Labute approximate surface area is 129 Å². The molecular weight excluding hydrogens is 340 g/mol. The van der Waals surface area contributed by atoms with Crippen molar-refractivity contribution in [2.75, 3.05) is 6.54 Å². The van der Waals surface area contributed by atoms with E-state index >= 15 is 0 Å². The van der Waals surface area contributed by atoms with Crippen molar-refractivity contribution in [1.82, 2.24) is 20.3 Å². The third-order valence-electron chi connectivity index (χ3n) is 2.79. The van der Waals surface area contributed by atoms with Crippen molar-refractivity contribution in [3.8, 4) is 5.69 Å². The molecule has 0 saturated heterocycles. The predicted octanol–water partition coefficient (Wildman–Crippen LogP) is 1.41. The first kappa shape index (κ1) is 15.2. The van der Waals surface area contributed by atoms with Gasteiger partial charge in [-0.25, -0.2) is 4.68 Å². The van der Waals surface area contributed by atoms with Crippen molar-refractivity contribution in [2.45, 2.75) is 13.3 Å². The molecule has 0 saturated carbocycles. The lowest BCUT2D eigenvalue weighted by atomic mass is 10.2. The Balaban J connectivity index is 2.37. The average Bonchev–Trinajstić information content (AvgIpc) is 2.88. The molecule has 0 bridgehead atoms. The number of halogens is 1. The zero-order valence-electron chi connectivity index (χ0n) is 11.2. The van der Waals surface area contributed by atoms with E-state index in [1.54, 1.807) is 4.68 Å². The van der Waals surface area contributed by atoms with Gasteiger partial charge in [0.15, 0.2) is 5.69 Å². The van der Waals surface area contributed by atoms with Crippen LogP contribution in [-0.2, 0) is 11.2 Å². The van der Waals surface area contributed by atoms with Gasteiger partial charge in [0.1, 0.15) is 6.54 Å². The first-order valence-corrected chi connectivity index (χ1v) is 7.03. The Hall–Kier alpha value is -2.22. The Morgan fingerprint density at radius 3 is 2.71 bits per heavy atom. The maximum atomic E-state index is 12.0. The lowest BCUT2D eigenvalue weighted by Crippen LogP contribution is -2.30. The average molecular weight is 353 g/mol. The molecule has 0 fully saturated rings. The van der Waals surface area contributed by atoms with E-state index in [4.69, 9.17) is 5.11 Å². The van der Waals surface area contributed by atoms with E-state index in [9.17, 15) is 9.59 Å². The lowest BCUT2D eigenvalue weighted by Gasteiger charge is -2.07. The number of nitrogens with one attached hydrogen (secondary N) is 1. The Bertz CT molecular complexity index is 684. The van der Waals surface area contributed by atoms with Crippen LogP contribution in [0.3, 0.4) is 0 Å². The van der Waals surface area contributed by atoms with E-state index in [1.165, 1.54) is 0 Å². The maximum absolute atomic E-state index is 12.0. The summed E-state index contributed by atoms with van der Waals surface area (Å²) in [7, 11) is 0. The molecule has 1 heterocycles. The van der Waals surface area contributed by atoms with Crippen molar-refractivity contribution in [2.24, 2.45) is 0 Å². The summed E-state index contributed by atoms with van der Waals surface area (Å²) >= 11 is 3.43. The van der Waals surface area contributed by atoms with Crippen LogP contribution in [0.1, 0.15) is 23.1 Å². The van der Waals surface area contributed by atoms with Crippen LogP contribution in [0.5, 0.6) is 0 Å². The molecule has 0 unspecified atom stereocenters. The number of nitrogens with zero attached hydrogens (tertiary/aromatic N) is 3. The minimum absolute atomic E-state index is 0.134. The molecule has 1 aromatic carbocycles. The molecule has 0 aliphatic rings. The molecule has 0 radical (unpaired) electrons. The third-order valence-corrected chi connectivity index (χ3v) is 3.46. The molecule has 0 atom stereocenters. The predicted molar refractivity (Wildman–Crippen MR) is 78.4 cm³/mol. The summed E-state index contributed by atoms with van der Waals surface area (Å²) in [5.74, 6) is -1.66. The number of carboxylic acids is 1. The van der Waals surface area contributed by atoms with Crippen LogP contribution >= 0.6 is 15.9 Å². The van der Waals surface area contributed by atoms with Gasteiger partial charge in [-0.1, -0.05) is 24.3 Å². The number of carboxylic acid groups (broad SMARTS) is 1. The number of carbonyl (C=O) groups is 2. The second-order valence-electron chi connectivity index (χ2n) is 4.18. The van der Waals surface area contributed by atoms with E-state index in [0.29, 0.717) is 12.1 Å². The quantitative estimate of drug-likeness (QED) is 0.847. The molecule has 2 aromatic rings. The van der Waals surface area contributed by atoms with Gasteiger partial charge in [0, 0.05) is 4.47 Å². The van der Waals surface area contributed by atoms with E-state index in [-0.39, 0.29) is 5.69 Å². The minimum atomic E-state index is -1.11. The first-order valence-electron chi connectivity index (χ1n) is 6.24. The summed E-state index contributed by atoms with van der Waals surface area (Å²) in [5.41, 5.74) is 1.51. The number of hydrogen-bond donors (Lipinski definition) is 2. The number of para-hydroxylation sites is 1. The first-order chi connectivity index (χ1) is 10.0. The van der Waals surface area contributed by atoms with Crippen LogP contribution < -0.4 is 5.32 Å². The summed E-state index contributed by atoms with van der Waals surface area (Å²) in [6, 6.07) is 7.43. The molecule has 1 amide bonds. The number of aliphatic carboxylic acids is 1. The number of aromatic nitrogens is 3. The van der Waals surface area contributed by atoms with Gasteiger partial charge >= 0.3 is 5.97 Å². The highest BCUT2D eigenvalue weighted by molar-refractivity contribution is 9.10. The Morgan fingerprint density at radius 1 is 1.38 bits per heavy atom. The maximum Gasteiger partial charge on any atom is 0.322 e. The van der Waals surface area contributed by atoms with Crippen LogP contribution in [-0.4, -0.2) is 38.5 Å². The number of rotatable bonds is 5. The molecular formula is C13H13BrN4O3. The van der Waals surface area contributed by atoms with E-state index in [1.807, 2.05) is 31.2 Å². The van der Waals surface area contributed by atoms with Gasteiger partial charge in [-0.05, 0) is 34.5 Å². The molecule has 2 rings (SSSR count). The monoisotopic (exact) mass is 352 g/mol. The molecule has 1 aromatic heterocycles. The van der Waals surface area contributed by atoms with E-state index < -0.39 is 18.4 Å². The number of benzene rings is 1. The molecule has 7 nitrogen and oxygen atoms in total. The van der Waals surface area contributed by atoms with Gasteiger partial charge < -0.3 is 10.4 Å². The molecule has 0 spiro atoms. The highest BCUT2D eigenvalue weighted by Gasteiger charge is 2.20. The summed E-state index contributed by atoms with van der Waals surface area (Å²) in [4.78, 5) is 22.5. The topological polar surface area (TPSA) is 97.1 Å². The van der Waals surface area contributed by atoms with Crippen molar-refractivity contribution < 1.29 is 14.7 Å². The normalized spacial score (nSPS) is 10.4. The van der Waals surface area contributed by atoms with Crippen LogP contribution in [0.25, 0.3) is 5.69 Å². The molecule has 8 heteroatoms. The second kappa shape index (κ2) is 6.49. The fraction of sp³-hybridized carbons (Fsp3) is 0.231. The molecule has 0 aliphatic carbocycles. The largest absolute Gasteiger partial charge is 0.480 e. The molecule has 110 valence electrons. The van der Waals surface area contributed by atoms with Crippen LogP contribution in [0.2, 0.25) is 0 Å². The van der Waals surface area contributed by atoms with Gasteiger partial charge in [-0.15, -0.1) is 5.10 Å². The van der Waals surface area contributed by atoms with E-state index in [2.05, 4.69) is 31.6 Å². The zero-order valence-corrected chi connectivity index (χ0v) is 12.8. The second-order valence-corrected chi connectivity index (χ2v) is 5.03. The zero-order chi connectivity index (χ0) is 15.4. The SMILES string of the molecule is CCc1c(C(=O)NCC(=O)O)nnn1-c1ccccc1Br. The Morgan fingerprint density at radius 2 is 2.10 bits per heavy atom. The van der Waals surface area contributed by atoms with E-state index in [0.717, 1.165) is 10.2 Å². The van der Waals surface area contributed by atoms with Crippen molar-refractivity contribution in [3.05, 3.63) is 40.1 Å². The third kappa shape index (κ3) is 3.27. The Kier molecular flexibility index (Phi) is 4.69. The standard InChI is InChI=1S/C13H13BrN4O3/c1-2-9-12(13(21)15-7-11(19)20)16-17-18(9)10-6-4-3-5-8(10)14/h3-6H,2,7H2,1H3,(H,15,21)(H,19,20). The highest BCUT2D eigenvalue weighted by atomic mass is 79.9. The minimum Gasteiger partial charge on any atom is -0.480 e. The van der Waals surface area contributed by atoms with Crippen molar-refractivity contribution >= 4 is 27.8 Å². The van der Waals surface area contributed by atoms with Crippen LogP contribution in [0.15, 0.2) is 28.7 Å². The van der Waals surface area contributed by atoms with Gasteiger partial charge in [0.05, 0.1) is 11.4 Å². The number of amides is 1. The van der Waals surface area contributed by atoms with Gasteiger partial charge in [-0.3, -0.25) is 9.59 Å². The van der Waals surface area contributed by atoms with Gasteiger partial charge in [0.25, 0.3) is 5.91 Å². The molecule has 0 aliphatic heterocycles. The van der Waals surface area contributed by atoms with Gasteiger partial charge in [-0.2, -0.15) is 0 Å². The highest BCUT2D eigenvalue weighted by Crippen LogP contribution is 2.22. The van der Waals surface area contributed by atoms with Crippen LogP contribution in [0.4, 0.5) is 0 Å². The molecule has 2 N–H and O–H groups in total. The van der Waals surface area contributed by atoms with Gasteiger partial charge in [0.2, 0.25) is 0 Å². The lowest BCUT2D eigenvalue weighted by molar-refractivity contribution is -0.135. The fourth-order valence-corrected chi connectivity index (χ4v) is 2.30. The molecule has 21 heavy (non-hydrogen) atoms. The summed E-state index contributed by atoms with van der Waals surface area (Å²) in [5, 5.41) is 18.7. The number of carbonyl (C=O) groups excluding carboxylic acids is 1. The summed E-state index contributed by atoms with van der Waals surface area (Å²) in [6.07, 6.45) is 0.532. The van der Waals surface area contributed by atoms with Crippen molar-refractivity contribution in [3.63, 3.8) is 0 Å². The van der Waals surface area contributed by atoms with Crippen LogP contribution in [0, 0.1) is 0 Å². The number of hydrogen-bond acceptors (Lipinski definition) is 4.